The molecule has 2 N–H and O–H groups in total. The number of nitrogens with one attached hydrogen (secondary N) is 1. The summed E-state index contributed by atoms with van der Waals surface area (Å²) in [6.45, 7) is -0.557. The van der Waals surface area contributed by atoms with Gasteiger partial charge >= 0.3 is 12.0 Å². The maximum atomic E-state index is 11.9. The Morgan fingerprint density at radius 3 is 2.74 bits per heavy atom. The van der Waals surface area contributed by atoms with Crippen LogP contribution in [0.5, 0.6) is 5.75 Å². The SMILES string of the molecule is C#CCN(CC(=O)O)C(=O)Nc1ccccc1OC. The van der Waals surface area contributed by atoms with Crippen molar-refractivity contribution in [1.82, 2.24) is 4.90 Å². The van der Waals surface area contributed by atoms with Crippen LogP contribution < -0.4 is 10.1 Å². The van der Waals surface area contributed by atoms with E-state index >= 15 is 0 Å². The Morgan fingerprint density at radius 2 is 2.16 bits per heavy atom. The lowest BCUT2D eigenvalue weighted by atomic mass is 10.3. The lowest BCUT2D eigenvalue weighted by molar-refractivity contribution is -0.137. The van der Waals surface area contributed by atoms with E-state index in [2.05, 4.69) is 11.2 Å². The zero-order valence-corrected chi connectivity index (χ0v) is 10.4. The van der Waals surface area contributed by atoms with Crippen LogP contribution in [0.25, 0.3) is 0 Å². The zero-order chi connectivity index (χ0) is 14.3. The third kappa shape index (κ3) is 4.24. The van der Waals surface area contributed by atoms with Crippen molar-refractivity contribution < 1.29 is 19.4 Å². The fourth-order valence-corrected chi connectivity index (χ4v) is 1.42. The summed E-state index contributed by atoms with van der Waals surface area (Å²) < 4.78 is 5.08. The van der Waals surface area contributed by atoms with Crippen LogP contribution in [0, 0.1) is 12.3 Å². The lowest BCUT2D eigenvalue weighted by Gasteiger charge is -2.19. The quantitative estimate of drug-likeness (QED) is 0.783. The fourth-order valence-electron chi connectivity index (χ4n) is 1.42. The van der Waals surface area contributed by atoms with Crippen LogP contribution in [0.15, 0.2) is 24.3 Å². The molecule has 1 aromatic carbocycles. The molecule has 6 nitrogen and oxygen atoms in total. The van der Waals surface area contributed by atoms with Gasteiger partial charge in [0, 0.05) is 0 Å². The number of rotatable bonds is 5. The van der Waals surface area contributed by atoms with E-state index in [0.717, 1.165) is 4.90 Å². The van der Waals surface area contributed by atoms with Crippen molar-refractivity contribution in [3.05, 3.63) is 24.3 Å². The summed E-state index contributed by atoms with van der Waals surface area (Å²) in [5.74, 6) is 1.58. The number of carbonyl (C=O) groups excluding carboxylic acids is 1. The van der Waals surface area contributed by atoms with E-state index in [4.69, 9.17) is 16.3 Å². The van der Waals surface area contributed by atoms with Crippen LogP contribution in [0.2, 0.25) is 0 Å². The maximum absolute atomic E-state index is 11.9. The number of aliphatic carboxylic acids is 1. The fraction of sp³-hybridized carbons (Fsp3) is 0.231. The number of benzene rings is 1. The molecule has 100 valence electrons. The number of carboxylic acid groups (broad SMARTS) is 1. The molecule has 0 aromatic heterocycles. The third-order valence-electron chi connectivity index (χ3n) is 2.24. The van der Waals surface area contributed by atoms with Crippen molar-refractivity contribution in [2.75, 3.05) is 25.5 Å². The van der Waals surface area contributed by atoms with Gasteiger partial charge in [-0.3, -0.25) is 4.79 Å². The Labute approximate surface area is 111 Å². The maximum Gasteiger partial charge on any atom is 0.323 e. The highest BCUT2D eigenvalue weighted by atomic mass is 16.5. The van der Waals surface area contributed by atoms with Crippen molar-refractivity contribution >= 4 is 17.7 Å². The smallest absolute Gasteiger partial charge is 0.323 e. The van der Waals surface area contributed by atoms with Crippen LogP contribution in [-0.2, 0) is 4.79 Å². The number of hydrogen-bond acceptors (Lipinski definition) is 3. The van der Waals surface area contributed by atoms with E-state index in [9.17, 15) is 9.59 Å². The van der Waals surface area contributed by atoms with Gasteiger partial charge in [-0.05, 0) is 12.1 Å². The Balaban J connectivity index is 2.81. The summed E-state index contributed by atoms with van der Waals surface area (Å²) in [5, 5.41) is 11.3. The number of terminal acetylenes is 1. The predicted octanol–water partition coefficient (Wildman–Crippen LogP) is 1.25. The monoisotopic (exact) mass is 262 g/mol. The number of urea groups is 1. The number of carbonyl (C=O) groups is 2. The summed E-state index contributed by atoms with van der Waals surface area (Å²) in [5.41, 5.74) is 0.447. The lowest BCUT2D eigenvalue weighted by Crippen LogP contribution is -2.39. The number of anilines is 1. The van der Waals surface area contributed by atoms with Gasteiger partial charge < -0.3 is 20.1 Å². The highest BCUT2D eigenvalue weighted by Crippen LogP contribution is 2.23. The van der Waals surface area contributed by atoms with Crippen LogP contribution in [0.3, 0.4) is 0 Å². The minimum absolute atomic E-state index is 0.0900. The number of carboxylic acids is 1. The Hall–Kier alpha value is -2.68. The first-order chi connectivity index (χ1) is 9.08. The molecule has 0 heterocycles. The molecule has 0 aliphatic heterocycles. The second kappa shape index (κ2) is 6.91. The van der Waals surface area contributed by atoms with Crippen molar-refractivity contribution in [3.63, 3.8) is 0 Å². The van der Waals surface area contributed by atoms with Gasteiger partial charge in [0.05, 0.1) is 19.3 Å². The van der Waals surface area contributed by atoms with E-state index in [1.165, 1.54) is 7.11 Å². The molecule has 0 fully saturated rings. The molecule has 1 aromatic rings. The molecular formula is C13H14N2O4. The topological polar surface area (TPSA) is 78.9 Å². The van der Waals surface area contributed by atoms with Gasteiger partial charge in [-0.1, -0.05) is 18.1 Å². The Bertz CT molecular complexity index is 508. The molecule has 19 heavy (non-hydrogen) atoms. The summed E-state index contributed by atoms with van der Waals surface area (Å²) in [6.07, 6.45) is 5.10. The number of para-hydroxylation sites is 2. The Kier molecular flexibility index (Phi) is 5.23. The molecule has 2 amide bonds. The summed E-state index contributed by atoms with van der Waals surface area (Å²) in [6, 6.07) is 6.21. The van der Waals surface area contributed by atoms with E-state index in [1.807, 2.05) is 0 Å². The van der Waals surface area contributed by atoms with Crippen molar-refractivity contribution in [2.24, 2.45) is 0 Å². The number of hydrogen-bond donors (Lipinski definition) is 2. The average molecular weight is 262 g/mol. The first-order valence-corrected chi connectivity index (χ1v) is 5.42. The molecule has 0 saturated carbocycles. The second-order valence-electron chi connectivity index (χ2n) is 3.58. The predicted molar refractivity (Wildman–Crippen MR) is 70.1 cm³/mol. The number of ether oxygens (including phenoxy) is 1. The normalized spacial score (nSPS) is 9.26. The molecule has 1 rings (SSSR count). The summed E-state index contributed by atoms with van der Waals surface area (Å²) in [4.78, 5) is 23.6. The third-order valence-corrected chi connectivity index (χ3v) is 2.24. The number of nitrogens with zero attached hydrogens (tertiary/aromatic N) is 1. The van der Waals surface area contributed by atoms with Crippen LogP contribution in [-0.4, -0.2) is 42.2 Å². The molecule has 0 bridgehead atoms. The van der Waals surface area contributed by atoms with Gasteiger partial charge in [0.2, 0.25) is 0 Å². The van der Waals surface area contributed by atoms with E-state index in [0.29, 0.717) is 11.4 Å². The second-order valence-corrected chi connectivity index (χ2v) is 3.58. The standard InChI is InChI=1S/C13H14N2O4/c1-3-8-15(9-12(16)17)13(18)14-10-6-4-5-7-11(10)19-2/h1,4-7H,8-9H2,2H3,(H,14,18)(H,16,17). The molecular weight excluding hydrogens is 248 g/mol. The molecule has 0 radical (unpaired) electrons. The Morgan fingerprint density at radius 1 is 1.47 bits per heavy atom. The molecule has 0 saturated heterocycles. The largest absolute Gasteiger partial charge is 0.495 e. The van der Waals surface area contributed by atoms with E-state index in [-0.39, 0.29) is 6.54 Å². The minimum Gasteiger partial charge on any atom is -0.495 e. The molecule has 0 spiro atoms. The van der Waals surface area contributed by atoms with E-state index in [1.54, 1.807) is 24.3 Å². The van der Waals surface area contributed by atoms with Crippen LogP contribution in [0.4, 0.5) is 10.5 Å². The van der Waals surface area contributed by atoms with Crippen molar-refractivity contribution in [1.29, 1.82) is 0 Å². The zero-order valence-electron chi connectivity index (χ0n) is 10.4. The highest BCUT2D eigenvalue weighted by molar-refractivity contribution is 5.92. The number of amides is 2. The van der Waals surface area contributed by atoms with E-state index < -0.39 is 18.5 Å². The number of methoxy groups -OCH3 is 1. The van der Waals surface area contributed by atoms with Gasteiger partial charge in [-0.15, -0.1) is 6.42 Å². The highest BCUT2D eigenvalue weighted by Gasteiger charge is 2.16. The van der Waals surface area contributed by atoms with Crippen LogP contribution in [0.1, 0.15) is 0 Å². The first kappa shape index (κ1) is 14.4. The first-order valence-electron chi connectivity index (χ1n) is 5.42. The van der Waals surface area contributed by atoms with Gasteiger partial charge in [0.25, 0.3) is 0 Å². The molecule has 0 atom stereocenters. The molecule has 0 aliphatic carbocycles. The molecule has 6 heteroatoms. The molecule has 0 unspecified atom stereocenters. The summed E-state index contributed by atoms with van der Waals surface area (Å²) in [7, 11) is 1.47. The van der Waals surface area contributed by atoms with Crippen molar-refractivity contribution in [2.45, 2.75) is 0 Å². The van der Waals surface area contributed by atoms with Gasteiger partial charge in [-0.2, -0.15) is 0 Å². The molecule has 0 aliphatic rings. The van der Waals surface area contributed by atoms with Gasteiger partial charge in [-0.25, -0.2) is 4.79 Å². The average Bonchev–Trinajstić information content (AvgIpc) is 2.38. The van der Waals surface area contributed by atoms with Crippen LogP contribution >= 0.6 is 0 Å². The van der Waals surface area contributed by atoms with Gasteiger partial charge in [0.15, 0.2) is 0 Å². The minimum atomic E-state index is -1.13. The van der Waals surface area contributed by atoms with Crippen molar-refractivity contribution in [3.8, 4) is 18.1 Å². The summed E-state index contributed by atoms with van der Waals surface area (Å²) >= 11 is 0. The van der Waals surface area contributed by atoms with Gasteiger partial charge in [0.1, 0.15) is 12.3 Å².